The average molecular weight is 366 g/mol. The minimum absolute atomic E-state index is 0.577. The van der Waals surface area contributed by atoms with Gasteiger partial charge in [0.15, 0.2) is 5.11 Å². The van der Waals surface area contributed by atoms with Gasteiger partial charge < -0.3 is 10.6 Å². The molecule has 0 aliphatic heterocycles. The van der Waals surface area contributed by atoms with Gasteiger partial charge in [0.2, 0.25) is 0 Å². The predicted octanol–water partition coefficient (Wildman–Crippen LogP) is 4.15. The second-order valence-corrected chi connectivity index (χ2v) is 6.03. The smallest absolute Gasteiger partial charge is 0.170 e. The lowest BCUT2D eigenvalue weighted by atomic mass is 10.2. The Morgan fingerprint density at radius 2 is 2.06 bits per heavy atom. The fourth-order valence-electron chi connectivity index (χ4n) is 1.05. The Bertz CT molecular complexity index is 380. The van der Waals surface area contributed by atoms with Crippen molar-refractivity contribution in [3.8, 4) is 0 Å². The van der Waals surface area contributed by atoms with Crippen molar-refractivity contribution < 1.29 is 0 Å². The number of benzene rings is 1. The summed E-state index contributed by atoms with van der Waals surface area (Å²) in [6.07, 6.45) is 0. The van der Waals surface area contributed by atoms with Crippen LogP contribution in [0.3, 0.4) is 0 Å². The van der Waals surface area contributed by atoms with Crippen LogP contribution in [0.4, 0.5) is 5.69 Å². The van der Waals surface area contributed by atoms with Crippen molar-refractivity contribution in [2.75, 3.05) is 11.9 Å². The zero-order valence-corrected chi connectivity index (χ0v) is 13.2. The fraction of sp³-hybridized carbons (Fsp3) is 0.364. The largest absolute Gasteiger partial charge is 0.362 e. The Balaban J connectivity index is 2.56. The number of thiocarbonyl (C=S) groups is 1. The predicted molar refractivity (Wildman–Crippen MR) is 80.9 cm³/mol. The van der Waals surface area contributed by atoms with Crippen molar-refractivity contribution in [1.29, 1.82) is 0 Å². The highest BCUT2D eigenvalue weighted by Gasteiger charge is 2.03. The molecule has 0 saturated carbocycles. The Hall–Kier alpha value is -0.130. The van der Waals surface area contributed by atoms with E-state index in [1.54, 1.807) is 0 Å². The van der Waals surface area contributed by atoms with E-state index in [1.807, 2.05) is 18.2 Å². The molecule has 0 atom stereocenters. The number of rotatable bonds is 3. The van der Waals surface area contributed by atoms with Crippen LogP contribution in [0.1, 0.15) is 13.8 Å². The van der Waals surface area contributed by atoms with Gasteiger partial charge in [0.25, 0.3) is 0 Å². The molecule has 1 rings (SSSR count). The zero-order chi connectivity index (χ0) is 12.1. The second-order valence-electron chi connectivity index (χ2n) is 3.85. The maximum atomic E-state index is 5.19. The van der Waals surface area contributed by atoms with Gasteiger partial charge in [0.1, 0.15) is 0 Å². The highest BCUT2D eigenvalue weighted by Crippen LogP contribution is 2.25. The molecule has 0 spiro atoms. The monoisotopic (exact) mass is 364 g/mol. The minimum atomic E-state index is 0.577. The van der Waals surface area contributed by atoms with E-state index in [9.17, 15) is 0 Å². The Labute approximate surface area is 118 Å². The molecule has 0 aliphatic carbocycles. The van der Waals surface area contributed by atoms with Crippen LogP contribution in [0.25, 0.3) is 0 Å². The lowest BCUT2D eigenvalue weighted by Gasteiger charge is -2.13. The maximum absolute atomic E-state index is 5.19. The van der Waals surface area contributed by atoms with Crippen molar-refractivity contribution in [1.82, 2.24) is 5.32 Å². The molecule has 0 fully saturated rings. The van der Waals surface area contributed by atoms with Gasteiger partial charge in [0.05, 0.1) is 5.69 Å². The number of anilines is 1. The SMILES string of the molecule is CC(C)CNC(=S)Nc1ccc(Br)cc1Br. The molecule has 0 amide bonds. The molecule has 0 radical (unpaired) electrons. The molecule has 0 bridgehead atoms. The summed E-state index contributed by atoms with van der Waals surface area (Å²) in [4.78, 5) is 0. The van der Waals surface area contributed by atoms with E-state index in [2.05, 4.69) is 56.3 Å². The van der Waals surface area contributed by atoms with Crippen LogP contribution in [-0.4, -0.2) is 11.7 Å². The second kappa shape index (κ2) is 6.57. The van der Waals surface area contributed by atoms with E-state index >= 15 is 0 Å². The third-order valence-corrected chi connectivity index (χ3v) is 3.25. The summed E-state index contributed by atoms with van der Waals surface area (Å²) in [6, 6.07) is 5.92. The van der Waals surface area contributed by atoms with Crippen molar-refractivity contribution >= 4 is 54.9 Å². The van der Waals surface area contributed by atoms with Gasteiger partial charge in [-0.05, 0) is 52.3 Å². The van der Waals surface area contributed by atoms with Crippen molar-refractivity contribution in [3.05, 3.63) is 27.1 Å². The number of nitrogens with one attached hydrogen (secondary N) is 2. The summed E-state index contributed by atoms with van der Waals surface area (Å²) < 4.78 is 2.02. The standard InChI is InChI=1S/C11H14Br2N2S/c1-7(2)6-14-11(16)15-10-4-3-8(12)5-9(10)13/h3-5,7H,6H2,1-2H3,(H2,14,15,16). The molecule has 1 aromatic rings. The van der Waals surface area contributed by atoms with Crippen LogP contribution in [0.2, 0.25) is 0 Å². The first kappa shape index (κ1) is 13.9. The third-order valence-electron chi connectivity index (χ3n) is 1.85. The number of hydrogen-bond acceptors (Lipinski definition) is 1. The van der Waals surface area contributed by atoms with Gasteiger partial charge in [-0.25, -0.2) is 0 Å². The van der Waals surface area contributed by atoms with Crippen LogP contribution >= 0.6 is 44.1 Å². The fourth-order valence-corrected chi connectivity index (χ4v) is 2.39. The van der Waals surface area contributed by atoms with Crippen molar-refractivity contribution in [2.24, 2.45) is 5.92 Å². The van der Waals surface area contributed by atoms with E-state index < -0.39 is 0 Å². The molecule has 1 aromatic carbocycles. The van der Waals surface area contributed by atoms with Crippen LogP contribution in [-0.2, 0) is 0 Å². The van der Waals surface area contributed by atoms with Gasteiger partial charge in [-0.15, -0.1) is 0 Å². The molecule has 0 aliphatic rings. The Morgan fingerprint density at radius 1 is 1.38 bits per heavy atom. The zero-order valence-electron chi connectivity index (χ0n) is 9.18. The summed E-state index contributed by atoms with van der Waals surface area (Å²) in [5.41, 5.74) is 0.962. The molecule has 88 valence electrons. The minimum Gasteiger partial charge on any atom is -0.362 e. The summed E-state index contributed by atoms with van der Waals surface area (Å²) in [5, 5.41) is 6.96. The molecule has 0 aromatic heterocycles. The maximum Gasteiger partial charge on any atom is 0.170 e. The molecule has 2 N–H and O–H groups in total. The van der Waals surface area contributed by atoms with Gasteiger partial charge in [0, 0.05) is 15.5 Å². The Morgan fingerprint density at radius 3 is 2.62 bits per heavy atom. The summed E-state index contributed by atoms with van der Waals surface area (Å²) in [7, 11) is 0. The van der Waals surface area contributed by atoms with Gasteiger partial charge >= 0.3 is 0 Å². The average Bonchev–Trinajstić information content (AvgIpc) is 2.19. The van der Waals surface area contributed by atoms with E-state index in [0.29, 0.717) is 11.0 Å². The van der Waals surface area contributed by atoms with E-state index in [0.717, 1.165) is 21.2 Å². The van der Waals surface area contributed by atoms with Crippen LogP contribution in [0.15, 0.2) is 27.1 Å². The number of hydrogen-bond donors (Lipinski definition) is 2. The number of halogens is 2. The third kappa shape index (κ3) is 4.80. The normalized spacial score (nSPS) is 10.3. The van der Waals surface area contributed by atoms with E-state index in [-0.39, 0.29) is 0 Å². The quantitative estimate of drug-likeness (QED) is 0.786. The van der Waals surface area contributed by atoms with Crippen LogP contribution in [0, 0.1) is 5.92 Å². The van der Waals surface area contributed by atoms with Crippen molar-refractivity contribution in [3.63, 3.8) is 0 Å². The molecule has 0 heterocycles. The van der Waals surface area contributed by atoms with Crippen LogP contribution in [0.5, 0.6) is 0 Å². The van der Waals surface area contributed by atoms with Gasteiger partial charge in [-0.2, -0.15) is 0 Å². The van der Waals surface area contributed by atoms with Gasteiger partial charge in [-0.1, -0.05) is 29.8 Å². The first-order valence-corrected chi connectivity index (χ1v) is 6.98. The highest BCUT2D eigenvalue weighted by molar-refractivity contribution is 9.11. The Kier molecular flexibility index (Phi) is 5.72. The summed E-state index contributed by atoms with van der Waals surface area (Å²) in [6.45, 7) is 5.16. The van der Waals surface area contributed by atoms with E-state index in [4.69, 9.17) is 12.2 Å². The first-order chi connectivity index (χ1) is 7.49. The molecular formula is C11H14Br2N2S. The molecular weight excluding hydrogens is 352 g/mol. The summed E-state index contributed by atoms with van der Waals surface area (Å²) >= 11 is 12.1. The molecule has 0 unspecified atom stereocenters. The molecule has 2 nitrogen and oxygen atoms in total. The first-order valence-electron chi connectivity index (χ1n) is 4.99. The summed E-state index contributed by atoms with van der Waals surface area (Å²) in [5.74, 6) is 0.577. The molecule has 16 heavy (non-hydrogen) atoms. The van der Waals surface area contributed by atoms with E-state index in [1.165, 1.54) is 0 Å². The lowest BCUT2D eigenvalue weighted by Crippen LogP contribution is -2.31. The topological polar surface area (TPSA) is 24.1 Å². The van der Waals surface area contributed by atoms with Gasteiger partial charge in [-0.3, -0.25) is 0 Å². The highest BCUT2D eigenvalue weighted by atomic mass is 79.9. The van der Waals surface area contributed by atoms with Crippen LogP contribution < -0.4 is 10.6 Å². The van der Waals surface area contributed by atoms with Crippen molar-refractivity contribution in [2.45, 2.75) is 13.8 Å². The lowest BCUT2D eigenvalue weighted by molar-refractivity contribution is 0.627. The molecule has 0 saturated heterocycles. The molecule has 5 heteroatoms.